The number of carbonyl (C=O) groups is 1. The van der Waals surface area contributed by atoms with E-state index < -0.39 is 11.7 Å². The Bertz CT molecular complexity index is 1400. The van der Waals surface area contributed by atoms with Crippen molar-refractivity contribution < 1.29 is 26.9 Å². The van der Waals surface area contributed by atoms with E-state index in [1.807, 2.05) is 0 Å². The van der Waals surface area contributed by atoms with Crippen LogP contribution in [0.1, 0.15) is 46.3 Å². The van der Waals surface area contributed by atoms with Gasteiger partial charge >= 0.3 is 6.18 Å². The number of nitrogens with zero attached hydrogens (tertiary/aromatic N) is 4. The molecule has 0 spiro atoms. The van der Waals surface area contributed by atoms with Crippen LogP contribution in [0.3, 0.4) is 0 Å². The summed E-state index contributed by atoms with van der Waals surface area (Å²) in [7, 11) is 0. The first-order valence-corrected chi connectivity index (χ1v) is 11.6. The molecule has 186 valence electrons. The van der Waals surface area contributed by atoms with Crippen molar-refractivity contribution in [3.63, 3.8) is 0 Å². The van der Waals surface area contributed by atoms with Crippen molar-refractivity contribution in [3.05, 3.63) is 76.3 Å². The maximum absolute atomic E-state index is 13.5. The first-order chi connectivity index (χ1) is 17.2. The van der Waals surface area contributed by atoms with Gasteiger partial charge in [-0.3, -0.25) is 4.79 Å². The topological polar surface area (TPSA) is 85.3 Å². The Morgan fingerprint density at radius 3 is 2.58 bits per heavy atom. The maximum Gasteiger partial charge on any atom is 0.416 e. The van der Waals surface area contributed by atoms with Gasteiger partial charge in [-0.15, -0.1) is 10.2 Å². The first-order valence-electron chi connectivity index (χ1n) is 11.2. The largest absolute Gasteiger partial charge is 0.420 e. The molecule has 11 heteroatoms. The Labute approximate surface area is 208 Å². The molecular formula is C25H20ClF3N4O3. The molecule has 36 heavy (non-hydrogen) atoms. The second-order valence-corrected chi connectivity index (χ2v) is 8.96. The lowest BCUT2D eigenvalue weighted by atomic mass is 9.96. The van der Waals surface area contributed by atoms with E-state index in [4.69, 9.17) is 20.5 Å². The van der Waals surface area contributed by atoms with Crippen LogP contribution < -0.4 is 0 Å². The van der Waals surface area contributed by atoms with Crippen molar-refractivity contribution in [1.82, 2.24) is 20.3 Å². The lowest BCUT2D eigenvalue weighted by Gasteiger charge is -2.31. The van der Waals surface area contributed by atoms with E-state index in [2.05, 4.69) is 15.4 Å². The molecule has 1 amide bonds. The SMILES string of the molecule is Cc1onc(-c2ccccc2Cl)c1C(=O)N1CCCC(c2nnc(-c3ccc(C(F)(F)F)cc3)o2)C1. The molecule has 1 atom stereocenters. The van der Waals surface area contributed by atoms with E-state index >= 15 is 0 Å². The van der Waals surface area contributed by atoms with Crippen molar-refractivity contribution in [3.8, 4) is 22.7 Å². The average molecular weight is 517 g/mol. The third-order valence-electron chi connectivity index (χ3n) is 6.16. The van der Waals surface area contributed by atoms with Crippen LogP contribution in [0.25, 0.3) is 22.7 Å². The molecule has 0 bridgehead atoms. The first kappa shape index (κ1) is 24.1. The Hall–Kier alpha value is -3.66. The number of amides is 1. The van der Waals surface area contributed by atoms with Crippen molar-refractivity contribution >= 4 is 17.5 Å². The van der Waals surface area contributed by atoms with Gasteiger partial charge in [0.15, 0.2) is 0 Å². The highest BCUT2D eigenvalue weighted by Gasteiger charge is 2.33. The Kier molecular flexibility index (Phi) is 6.29. The number of piperidine rings is 1. The highest BCUT2D eigenvalue weighted by molar-refractivity contribution is 6.33. The molecule has 0 N–H and O–H groups in total. The summed E-state index contributed by atoms with van der Waals surface area (Å²) in [5.41, 5.74) is 0.959. The normalized spacial score (nSPS) is 16.4. The number of aromatic nitrogens is 3. The van der Waals surface area contributed by atoms with Gasteiger partial charge in [0.25, 0.3) is 5.91 Å². The molecule has 1 unspecified atom stereocenters. The second-order valence-electron chi connectivity index (χ2n) is 8.55. The minimum Gasteiger partial charge on any atom is -0.420 e. The number of likely N-dealkylation sites (tertiary alicyclic amines) is 1. The lowest BCUT2D eigenvalue weighted by Crippen LogP contribution is -2.39. The molecule has 1 aliphatic heterocycles. The van der Waals surface area contributed by atoms with Crippen LogP contribution in [0, 0.1) is 6.92 Å². The van der Waals surface area contributed by atoms with Crippen LogP contribution in [0.2, 0.25) is 5.02 Å². The number of aryl methyl sites for hydroxylation is 1. The smallest absolute Gasteiger partial charge is 0.416 e. The fraction of sp³-hybridized carbons (Fsp3) is 0.280. The van der Waals surface area contributed by atoms with Crippen molar-refractivity contribution in [2.75, 3.05) is 13.1 Å². The number of hydrogen-bond acceptors (Lipinski definition) is 6. The molecule has 3 heterocycles. The molecule has 1 fully saturated rings. The maximum atomic E-state index is 13.5. The van der Waals surface area contributed by atoms with Crippen molar-refractivity contribution in [2.24, 2.45) is 0 Å². The zero-order valence-electron chi connectivity index (χ0n) is 19.1. The number of carbonyl (C=O) groups excluding carboxylic acids is 1. The quantitative estimate of drug-likeness (QED) is 0.312. The predicted octanol–water partition coefficient (Wildman–Crippen LogP) is 6.39. The van der Waals surface area contributed by atoms with E-state index in [-0.39, 0.29) is 17.7 Å². The van der Waals surface area contributed by atoms with Crippen LogP contribution in [0.4, 0.5) is 13.2 Å². The molecule has 0 saturated carbocycles. The minimum atomic E-state index is -4.43. The lowest BCUT2D eigenvalue weighted by molar-refractivity contribution is -0.137. The number of hydrogen-bond donors (Lipinski definition) is 0. The van der Waals surface area contributed by atoms with Crippen molar-refractivity contribution in [2.45, 2.75) is 31.9 Å². The highest BCUT2D eigenvalue weighted by Crippen LogP contribution is 2.35. The van der Waals surface area contributed by atoms with E-state index in [1.54, 1.807) is 36.1 Å². The molecule has 1 saturated heterocycles. The minimum absolute atomic E-state index is 0.123. The molecule has 0 radical (unpaired) electrons. The average Bonchev–Trinajstić information content (AvgIpc) is 3.51. The van der Waals surface area contributed by atoms with Crippen LogP contribution in [-0.2, 0) is 6.18 Å². The van der Waals surface area contributed by atoms with E-state index in [0.29, 0.717) is 58.6 Å². The monoisotopic (exact) mass is 516 g/mol. The Morgan fingerprint density at radius 1 is 1.11 bits per heavy atom. The summed E-state index contributed by atoms with van der Waals surface area (Å²) in [6.45, 7) is 2.54. The van der Waals surface area contributed by atoms with Crippen LogP contribution in [0.15, 0.2) is 57.5 Å². The van der Waals surface area contributed by atoms with Gasteiger partial charge in [0, 0.05) is 24.2 Å². The molecule has 0 aliphatic carbocycles. The van der Waals surface area contributed by atoms with Gasteiger partial charge in [0.1, 0.15) is 17.0 Å². The van der Waals surface area contributed by atoms with Crippen molar-refractivity contribution in [1.29, 1.82) is 0 Å². The summed E-state index contributed by atoms with van der Waals surface area (Å²) in [5, 5.41) is 12.7. The molecule has 2 aromatic heterocycles. The Balaban J connectivity index is 1.35. The fourth-order valence-corrected chi connectivity index (χ4v) is 4.53. The third kappa shape index (κ3) is 4.60. The summed E-state index contributed by atoms with van der Waals surface area (Å²) in [5.74, 6) is 0.381. The number of rotatable bonds is 4. The van der Waals surface area contributed by atoms with Gasteiger partial charge < -0.3 is 13.8 Å². The highest BCUT2D eigenvalue weighted by atomic mass is 35.5. The van der Waals surface area contributed by atoms with Crippen LogP contribution in [-0.4, -0.2) is 39.3 Å². The number of alkyl halides is 3. The van der Waals surface area contributed by atoms with Gasteiger partial charge in [-0.2, -0.15) is 13.2 Å². The summed E-state index contributed by atoms with van der Waals surface area (Å²) in [4.78, 5) is 15.2. The molecule has 1 aliphatic rings. The number of halogens is 4. The molecule has 2 aromatic carbocycles. The molecular weight excluding hydrogens is 497 g/mol. The zero-order chi connectivity index (χ0) is 25.4. The van der Waals surface area contributed by atoms with Gasteiger partial charge in [0.05, 0.1) is 16.5 Å². The summed E-state index contributed by atoms with van der Waals surface area (Å²) in [6.07, 6.45) is -3.00. The molecule has 7 nitrogen and oxygen atoms in total. The summed E-state index contributed by atoms with van der Waals surface area (Å²) >= 11 is 6.33. The summed E-state index contributed by atoms with van der Waals surface area (Å²) < 4.78 is 49.7. The third-order valence-corrected chi connectivity index (χ3v) is 6.49. The zero-order valence-corrected chi connectivity index (χ0v) is 19.8. The molecule has 5 rings (SSSR count). The second kappa shape index (κ2) is 9.42. The van der Waals surface area contributed by atoms with Gasteiger partial charge in [-0.1, -0.05) is 35.0 Å². The van der Waals surface area contributed by atoms with E-state index in [1.165, 1.54) is 12.1 Å². The molecule has 4 aromatic rings. The van der Waals surface area contributed by atoms with Gasteiger partial charge in [-0.25, -0.2) is 0 Å². The number of benzene rings is 2. The van der Waals surface area contributed by atoms with E-state index in [0.717, 1.165) is 18.6 Å². The fourth-order valence-electron chi connectivity index (χ4n) is 4.30. The van der Waals surface area contributed by atoms with Crippen LogP contribution in [0.5, 0.6) is 0 Å². The summed E-state index contributed by atoms with van der Waals surface area (Å²) in [6, 6.07) is 11.6. The predicted molar refractivity (Wildman–Crippen MR) is 124 cm³/mol. The standard InChI is InChI=1S/C25H20ClF3N4O3/c1-14-20(21(32-36-14)18-6-2-3-7-19(18)26)24(34)33-12-4-5-16(13-33)23-31-30-22(35-23)15-8-10-17(11-9-15)25(27,28)29/h2-3,6-11,16H,4-5,12-13H2,1H3. The van der Waals surface area contributed by atoms with E-state index in [9.17, 15) is 18.0 Å². The van der Waals surface area contributed by atoms with Crippen LogP contribution >= 0.6 is 11.6 Å². The van der Waals surface area contributed by atoms with Gasteiger partial charge in [-0.05, 0) is 50.1 Å². The Morgan fingerprint density at radius 2 is 1.86 bits per heavy atom. The van der Waals surface area contributed by atoms with Gasteiger partial charge in [0.2, 0.25) is 11.8 Å².